The molecule has 0 saturated carbocycles. The van der Waals surface area contributed by atoms with Gasteiger partial charge in [0.15, 0.2) is 0 Å². The van der Waals surface area contributed by atoms with Gasteiger partial charge in [-0.05, 0) is 48.2 Å². The fourth-order valence-electron chi connectivity index (χ4n) is 4.90. The lowest BCUT2D eigenvalue weighted by molar-refractivity contribution is -0.126. The second kappa shape index (κ2) is 9.52. The Labute approximate surface area is 217 Å². The van der Waals surface area contributed by atoms with Crippen molar-refractivity contribution in [3.8, 4) is 0 Å². The number of benzene rings is 2. The van der Waals surface area contributed by atoms with Crippen LogP contribution < -0.4 is 10.2 Å². The van der Waals surface area contributed by atoms with E-state index in [1.165, 1.54) is 29.7 Å². The molecule has 0 unspecified atom stereocenters. The number of fused-ring (bicyclic) bond motifs is 4. The molecular formula is C27H23ClFN5OS. The number of amides is 1. The minimum atomic E-state index is -0.466. The normalized spacial score (nSPS) is 14.9. The molecule has 2 aromatic heterocycles. The quantitative estimate of drug-likeness (QED) is 0.341. The van der Waals surface area contributed by atoms with Crippen molar-refractivity contribution in [2.24, 2.45) is 0 Å². The molecule has 2 aliphatic heterocycles. The smallest absolute Gasteiger partial charge is 0.246 e. The minimum Gasteiger partial charge on any atom is -0.367 e. The zero-order valence-electron chi connectivity index (χ0n) is 19.4. The van der Waals surface area contributed by atoms with Crippen LogP contribution >= 0.6 is 22.9 Å². The van der Waals surface area contributed by atoms with Gasteiger partial charge in [0.2, 0.25) is 5.91 Å². The SMILES string of the molecule is O=C(/C=C/CN1CCc2ccccc21)N1CCc2c(sc3ncnc(Nc4ccc(F)c(Cl)c4)c23)C1. The predicted molar refractivity (Wildman–Crippen MR) is 143 cm³/mol. The Morgan fingerprint density at radius 3 is 2.94 bits per heavy atom. The zero-order valence-corrected chi connectivity index (χ0v) is 20.9. The number of hydrogen-bond donors (Lipinski definition) is 1. The highest BCUT2D eigenvalue weighted by molar-refractivity contribution is 7.19. The molecule has 6 rings (SSSR count). The number of carbonyl (C=O) groups excluding carboxylic acids is 1. The zero-order chi connectivity index (χ0) is 24.6. The molecule has 0 radical (unpaired) electrons. The summed E-state index contributed by atoms with van der Waals surface area (Å²) in [4.78, 5) is 28.0. The number of carbonyl (C=O) groups is 1. The van der Waals surface area contributed by atoms with E-state index in [0.29, 0.717) is 24.6 Å². The van der Waals surface area contributed by atoms with Crippen LogP contribution in [0, 0.1) is 5.82 Å². The van der Waals surface area contributed by atoms with Gasteiger partial charge in [0, 0.05) is 42.0 Å². The van der Waals surface area contributed by atoms with Crippen LogP contribution in [0.3, 0.4) is 0 Å². The first kappa shape index (κ1) is 22.9. The van der Waals surface area contributed by atoms with Crippen molar-refractivity contribution in [3.05, 3.63) is 87.8 Å². The van der Waals surface area contributed by atoms with Gasteiger partial charge in [-0.15, -0.1) is 11.3 Å². The number of hydrogen-bond acceptors (Lipinski definition) is 6. The van der Waals surface area contributed by atoms with Crippen molar-refractivity contribution in [3.63, 3.8) is 0 Å². The molecule has 1 amide bonds. The molecule has 4 aromatic rings. The molecule has 9 heteroatoms. The third kappa shape index (κ3) is 4.31. The van der Waals surface area contributed by atoms with E-state index in [0.717, 1.165) is 46.6 Å². The van der Waals surface area contributed by atoms with Crippen molar-refractivity contribution in [1.29, 1.82) is 0 Å². The van der Waals surface area contributed by atoms with Crippen molar-refractivity contribution in [2.45, 2.75) is 19.4 Å². The number of thiophene rings is 1. The Morgan fingerprint density at radius 2 is 2.06 bits per heavy atom. The number of nitrogens with one attached hydrogen (secondary N) is 1. The monoisotopic (exact) mass is 519 g/mol. The maximum atomic E-state index is 13.6. The van der Waals surface area contributed by atoms with Gasteiger partial charge < -0.3 is 15.1 Å². The molecule has 6 nitrogen and oxygen atoms in total. The average Bonchev–Trinajstić information content (AvgIpc) is 3.47. The summed E-state index contributed by atoms with van der Waals surface area (Å²) in [6.45, 7) is 2.89. The summed E-state index contributed by atoms with van der Waals surface area (Å²) in [5, 5.41) is 4.26. The first-order chi connectivity index (χ1) is 17.6. The van der Waals surface area contributed by atoms with Crippen LogP contribution in [0.5, 0.6) is 0 Å². The van der Waals surface area contributed by atoms with E-state index in [4.69, 9.17) is 11.6 Å². The minimum absolute atomic E-state index is 0.0241. The fourth-order valence-corrected chi connectivity index (χ4v) is 6.29. The summed E-state index contributed by atoms with van der Waals surface area (Å²) >= 11 is 7.53. The van der Waals surface area contributed by atoms with E-state index in [2.05, 4.69) is 44.5 Å². The van der Waals surface area contributed by atoms with Gasteiger partial charge in [-0.2, -0.15) is 0 Å². The number of rotatable bonds is 5. The highest BCUT2D eigenvalue weighted by atomic mass is 35.5. The molecule has 36 heavy (non-hydrogen) atoms. The highest BCUT2D eigenvalue weighted by Gasteiger charge is 2.26. The van der Waals surface area contributed by atoms with E-state index in [1.807, 2.05) is 11.0 Å². The molecule has 182 valence electrons. The number of para-hydroxylation sites is 1. The maximum Gasteiger partial charge on any atom is 0.246 e. The van der Waals surface area contributed by atoms with Gasteiger partial charge in [-0.25, -0.2) is 14.4 Å². The van der Waals surface area contributed by atoms with Crippen LogP contribution in [0.25, 0.3) is 10.2 Å². The van der Waals surface area contributed by atoms with Gasteiger partial charge in [-0.1, -0.05) is 35.9 Å². The van der Waals surface area contributed by atoms with Crippen molar-refractivity contribution < 1.29 is 9.18 Å². The Morgan fingerprint density at radius 1 is 1.17 bits per heavy atom. The second-order valence-electron chi connectivity index (χ2n) is 8.90. The summed E-state index contributed by atoms with van der Waals surface area (Å²) in [7, 11) is 0. The average molecular weight is 520 g/mol. The summed E-state index contributed by atoms with van der Waals surface area (Å²) in [6, 6.07) is 12.9. The standard InChI is InChI=1S/C27H23ClFN5OS/c28-20-14-18(7-8-21(20)29)32-26-25-19-10-13-34(15-23(19)36-27(25)31-16-30-26)24(35)6-3-11-33-12-9-17-4-1-2-5-22(17)33/h1-8,14,16H,9-13,15H2,(H,30,31,32)/b6-3+. The van der Waals surface area contributed by atoms with Crippen LogP contribution in [0.1, 0.15) is 16.0 Å². The van der Waals surface area contributed by atoms with Crippen LogP contribution in [0.15, 0.2) is 60.9 Å². The van der Waals surface area contributed by atoms with Crippen LogP contribution in [-0.4, -0.2) is 40.4 Å². The first-order valence-electron chi connectivity index (χ1n) is 11.8. The second-order valence-corrected chi connectivity index (χ2v) is 10.4. The van der Waals surface area contributed by atoms with E-state index < -0.39 is 5.82 Å². The molecule has 0 saturated heterocycles. The Hall–Kier alpha value is -3.49. The fraction of sp³-hybridized carbons (Fsp3) is 0.222. The van der Waals surface area contributed by atoms with Gasteiger partial charge >= 0.3 is 0 Å². The molecule has 0 bridgehead atoms. The molecule has 2 aliphatic rings. The van der Waals surface area contributed by atoms with E-state index in [9.17, 15) is 9.18 Å². The predicted octanol–water partition coefficient (Wildman–Crippen LogP) is 5.73. The number of anilines is 3. The molecule has 0 spiro atoms. The number of halogens is 2. The van der Waals surface area contributed by atoms with Gasteiger partial charge in [0.1, 0.15) is 22.8 Å². The van der Waals surface area contributed by atoms with Crippen molar-refractivity contribution in [1.82, 2.24) is 14.9 Å². The number of nitrogens with zero attached hydrogens (tertiary/aromatic N) is 4. The molecule has 0 atom stereocenters. The Kier molecular flexibility index (Phi) is 6.07. The molecule has 2 aromatic carbocycles. The topological polar surface area (TPSA) is 61.4 Å². The van der Waals surface area contributed by atoms with Gasteiger partial charge in [-0.3, -0.25) is 4.79 Å². The van der Waals surface area contributed by atoms with E-state index >= 15 is 0 Å². The summed E-state index contributed by atoms with van der Waals surface area (Å²) in [6.07, 6.45) is 6.95. The van der Waals surface area contributed by atoms with E-state index in [-0.39, 0.29) is 10.9 Å². The van der Waals surface area contributed by atoms with Crippen molar-refractivity contribution >= 4 is 56.3 Å². The lowest BCUT2D eigenvalue weighted by Crippen LogP contribution is -2.34. The summed E-state index contributed by atoms with van der Waals surface area (Å²) in [5.41, 5.74) is 4.44. The summed E-state index contributed by atoms with van der Waals surface area (Å²) < 4.78 is 13.6. The lowest BCUT2D eigenvalue weighted by atomic mass is 10.0. The number of aromatic nitrogens is 2. The molecule has 0 fully saturated rings. The van der Waals surface area contributed by atoms with Crippen LogP contribution in [0.4, 0.5) is 21.6 Å². The van der Waals surface area contributed by atoms with E-state index in [1.54, 1.807) is 23.5 Å². The first-order valence-corrected chi connectivity index (χ1v) is 13.0. The van der Waals surface area contributed by atoms with Gasteiger partial charge in [0.05, 0.1) is 17.0 Å². The third-order valence-electron chi connectivity index (χ3n) is 6.70. The summed E-state index contributed by atoms with van der Waals surface area (Å²) in [5.74, 6) is 0.216. The van der Waals surface area contributed by atoms with Crippen LogP contribution in [0.2, 0.25) is 5.02 Å². The lowest BCUT2D eigenvalue weighted by Gasteiger charge is -2.26. The molecular weight excluding hydrogens is 497 g/mol. The van der Waals surface area contributed by atoms with Gasteiger partial charge in [0.25, 0.3) is 0 Å². The molecule has 0 aliphatic carbocycles. The molecule has 4 heterocycles. The largest absolute Gasteiger partial charge is 0.367 e. The Balaban J connectivity index is 1.17. The highest BCUT2D eigenvalue weighted by Crippen LogP contribution is 2.38. The Bertz CT molecular complexity index is 1500. The maximum absolute atomic E-state index is 13.6. The van der Waals surface area contributed by atoms with Crippen LogP contribution in [-0.2, 0) is 24.2 Å². The molecule has 1 N–H and O–H groups in total. The third-order valence-corrected chi connectivity index (χ3v) is 8.11. The van der Waals surface area contributed by atoms with Crippen molar-refractivity contribution in [2.75, 3.05) is 29.9 Å².